The number of nitrogens with zero attached hydrogens (tertiary/aromatic N) is 1. The van der Waals surface area contributed by atoms with Gasteiger partial charge in [-0.3, -0.25) is 10.1 Å². The normalized spacial score (nSPS) is 10.3. The number of hydrogen-bond donors (Lipinski definition) is 1. The number of benzene rings is 1. The van der Waals surface area contributed by atoms with Crippen LogP contribution in [0.2, 0.25) is 0 Å². The van der Waals surface area contributed by atoms with Crippen LogP contribution in [0.5, 0.6) is 0 Å². The van der Waals surface area contributed by atoms with Gasteiger partial charge in [-0.05, 0) is 25.5 Å². The molecule has 6 nitrogen and oxygen atoms in total. The van der Waals surface area contributed by atoms with Gasteiger partial charge in [0.2, 0.25) is 0 Å². The van der Waals surface area contributed by atoms with Crippen LogP contribution >= 0.6 is 0 Å². The van der Waals surface area contributed by atoms with Crippen LogP contribution in [-0.4, -0.2) is 24.0 Å². The minimum atomic E-state index is -0.543. The molecule has 6 heteroatoms. The molecule has 0 aliphatic carbocycles. The van der Waals surface area contributed by atoms with Gasteiger partial charge in [-0.2, -0.15) is 0 Å². The van der Waals surface area contributed by atoms with Gasteiger partial charge in [0.15, 0.2) is 0 Å². The van der Waals surface area contributed by atoms with Crippen molar-refractivity contribution in [2.45, 2.75) is 52.4 Å². The molecule has 0 atom stereocenters. The summed E-state index contributed by atoms with van der Waals surface area (Å²) in [5.41, 5.74) is 0.543. The van der Waals surface area contributed by atoms with E-state index in [2.05, 4.69) is 12.2 Å². The van der Waals surface area contributed by atoms with E-state index in [0.29, 0.717) is 12.2 Å². The molecule has 0 saturated carbocycles. The van der Waals surface area contributed by atoms with Crippen molar-refractivity contribution < 1.29 is 14.5 Å². The Morgan fingerprint density at radius 3 is 2.52 bits per heavy atom. The zero-order chi connectivity index (χ0) is 17.1. The first-order valence-electron chi connectivity index (χ1n) is 8.29. The third-order valence-electron chi connectivity index (χ3n) is 3.55. The Kier molecular flexibility index (Phi) is 8.72. The number of anilines is 1. The van der Waals surface area contributed by atoms with Gasteiger partial charge in [-0.25, -0.2) is 4.79 Å². The highest BCUT2D eigenvalue weighted by atomic mass is 16.6. The summed E-state index contributed by atoms with van der Waals surface area (Å²) in [7, 11) is 0. The highest BCUT2D eigenvalue weighted by molar-refractivity contribution is 5.91. The smallest absolute Gasteiger partial charge is 0.338 e. The highest BCUT2D eigenvalue weighted by Gasteiger charge is 2.17. The van der Waals surface area contributed by atoms with Crippen molar-refractivity contribution in [1.82, 2.24) is 0 Å². The SMILES string of the molecule is CCCCCCCCNc1ccc(C(=O)OCC)cc1[N+](=O)[O-]. The van der Waals surface area contributed by atoms with Crippen LogP contribution in [0.1, 0.15) is 62.7 Å². The molecule has 0 aliphatic rings. The van der Waals surface area contributed by atoms with Gasteiger partial charge in [0.05, 0.1) is 17.1 Å². The third kappa shape index (κ3) is 6.67. The molecule has 1 aromatic carbocycles. The molecule has 0 saturated heterocycles. The number of nitro benzene ring substituents is 1. The number of nitro groups is 1. The van der Waals surface area contributed by atoms with Crippen molar-refractivity contribution >= 4 is 17.3 Å². The number of esters is 1. The van der Waals surface area contributed by atoms with Crippen LogP contribution in [0.3, 0.4) is 0 Å². The summed E-state index contributed by atoms with van der Waals surface area (Å²) in [6.45, 7) is 4.81. The largest absolute Gasteiger partial charge is 0.462 e. The standard InChI is InChI=1S/C17H26N2O4/c1-3-5-6-7-8-9-12-18-15-11-10-14(17(20)23-4-2)13-16(15)19(21)22/h10-11,13,18H,3-9,12H2,1-2H3. The Labute approximate surface area is 137 Å². The molecule has 128 valence electrons. The maximum Gasteiger partial charge on any atom is 0.338 e. The molecular weight excluding hydrogens is 296 g/mol. The van der Waals surface area contributed by atoms with E-state index in [0.717, 1.165) is 12.8 Å². The minimum Gasteiger partial charge on any atom is -0.462 e. The van der Waals surface area contributed by atoms with E-state index in [1.54, 1.807) is 19.1 Å². The number of carbonyl (C=O) groups is 1. The number of ether oxygens (including phenoxy) is 1. The summed E-state index contributed by atoms with van der Waals surface area (Å²) in [5.74, 6) is -0.543. The summed E-state index contributed by atoms with van der Waals surface area (Å²) >= 11 is 0. The summed E-state index contributed by atoms with van der Waals surface area (Å²) in [4.78, 5) is 22.3. The van der Waals surface area contributed by atoms with Crippen LogP contribution in [0.15, 0.2) is 18.2 Å². The van der Waals surface area contributed by atoms with Gasteiger partial charge >= 0.3 is 5.97 Å². The monoisotopic (exact) mass is 322 g/mol. The average molecular weight is 322 g/mol. The van der Waals surface area contributed by atoms with Crippen LogP contribution < -0.4 is 5.32 Å². The fourth-order valence-electron chi connectivity index (χ4n) is 2.30. The van der Waals surface area contributed by atoms with E-state index >= 15 is 0 Å². The fraction of sp³-hybridized carbons (Fsp3) is 0.588. The molecule has 0 aromatic heterocycles. The summed E-state index contributed by atoms with van der Waals surface area (Å²) in [6, 6.07) is 4.39. The lowest BCUT2D eigenvalue weighted by atomic mass is 10.1. The zero-order valence-electron chi connectivity index (χ0n) is 14.0. The van der Waals surface area contributed by atoms with Crippen molar-refractivity contribution in [2.75, 3.05) is 18.5 Å². The summed E-state index contributed by atoms with van der Waals surface area (Å²) < 4.78 is 4.87. The van der Waals surface area contributed by atoms with E-state index in [1.807, 2.05) is 0 Å². The van der Waals surface area contributed by atoms with E-state index < -0.39 is 10.9 Å². The van der Waals surface area contributed by atoms with E-state index in [-0.39, 0.29) is 17.9 Å². The number of rotatable bonds is 11. The molecule has 0 amide bonds. The van der Waals surface area contributed by atoms with Crippen molar-refractivity contribution in [3.63, 3.8) is 0 Å². The maximum absolute atomic E-state index is 11.7. The molecule has 0 spiro atoms. The number of unbranched alkanes of at least 4 members (excludes halogenated alkanes) is 5. The zero-order valence-corrected chi connectivity index (χ0v) is 14.0. The van der Waals surface area contributed by atoms with Gasteiger partial charge in [0.1, 0.15) is 5.69 Å². The van der Waals surface area contributed by atoms with Crippen molar-refractivity contribution in [2.24, 2.45) is 0 Å². The second-order valence-electron chi connectivity index (χ2n) is 5.40. The Hall–Kier alpha value is -2.11. The van der Waals surface area contributed by atoms with Crippen LogP contribution in [0.25, 0.3) is 0 Å². The molecule has 1 N–H and O–H groups in total. The maximum atomic E-state index is 11.7. The Bertz CT molecular complexity index is 517. The Morgan fingerprint density at radius 2 is 1.87 bits per heavy atom. The van der Waals surface area contributed by atoms with Crippen molar-refractivity contribution in [3.05, 3.63) is 33.9 Å². The molecule has 23 heavy (non-hydrogen) atoms. The second-order valence-corrected chi connectivity index (χ2v) is 5.40. The van der Waals surface area contributed by atoms with Crippen molar-refractivity contribution in [3.8, 4) is 0 Å². The molecular formula is C17H26N2O4. The van der Waals surface area contributed by atoms with Gasteiger partial charge < -0.3 is 10.1 Å². The van der Waals surface area contributed by atoms with Crippen LogP contribution in [0, 0.1) is 10.1 Å². The highest BCUT2D eigenvalue weighted by Crippen LogP contribution is 2.26. The van der Waals surface area contributed by atoms with Crippen LogP contribution in [0.4, 0.5) is 11.4 Å². The van der Waals surface area contributed by atoms with Gasteiger partial charge in [-0.1, -0.05) is 39.0 Å². The Balaban J connectivity index is 2.57. The lowest BCUT2D eigenvalue weighted by Crippen LogP contribution is -2.08. The molecule has 0 heterocycles. The predicted molar refractivity (Wildman–Crippen MR) is 90.9 cm³/mol. The lowest BCUT2D eigenvalue weighted by Gasteiger charge is -2.08. The quantitative estimate of drug-likeness (QED) is 0.280. The number of nitrogens with one attached hydrogen (secondary N) is 1. The third-order valence-corrected chi connectivity index (χ3v) is 3.55. The van der Waals surface area contributed by atoms with E-state index in [9.17, 15) is 14.9 Å². The van der Waals surface area contributed by atoms with Crippen LogP contribution in [-0.2, 0) is 4.74 Å². The average Bonchev–Trinajstić information content (AvgIpc) is 2.54. The molecule has 1 rings (SSSR count). The first-order chi connectivity index (χ1) is 11.1. The topological polar surface area (TPSA) is 81.5 Å². The molecule has 0 bridgehead atoms. The molecule has 0 aliphatic heterocycles. The van der Waals surface area contributed by atoms with Gasteiger partial charge in [-0.15, -0.1) is 0 Å². The molecule has 1 aromatic rings. The number of hydrogen-bond acceptors (Lipinski definition) is 5. The minimum absolute atomic E-state index is 0.0958. The number of carbonyl (C=O) groups excluding carboxylic acids is 1. The van der Waals surface area contributed by atoms with E-state index in [1.165, 1.54) is 31.7 Å². The van der Waals surface area contributed by atoms with Gasteiger partial charge in [0, 0.05) is 12.6 Å². The molecule has 0 fully saturated rings. The van der Waals surface area contributed by atoms with Crippen molar-refractivity contribution in [1.29, 1.82) is 0 Å². The second kappa shape index (κ2) is 10.6. The summed E-state index contributed by atoms with van der Waals surface area (Å²) in [6.07, 6.45) is 7.00. The van der Waals surface area contributed by atoms with E-state index in [4.69, 9.17) is 4.74 Å². The first kappa shape index (κ1) is 18.9. The lowest BCUT2D eigenvalue weighted by molar-refractivity contribution is -0.384. The van der Waals surface area contributed by atoms with Gasteiger partial charge in [0.25, 0.3) is 5.69 Å². The summed E-state index contributed by atoms with van der Waals surface area (Å²) in [5, 5.41) is 14.3. The molecule has 0 unspecified atom stereocenters. The molecule has 0 radical (unpaired) electrons. The fourth-order valence-corrected chi connectivity index (χ4v) is 2.30. The first-order valence-corrected chi connectivity index (χ1v) is 8.29. The Morgan fingerprint density at radius 1 is 1.17 bits per heavy atom. The predicted octanol–water partition coefficient (Wildman–Crippen LogP) is 4.54.